The van der Waals surface area contributed by atoms with Gasteiger partial charge in [0.15, 0.2) is 0 Å². The number of aromatic nitrogens is 1. The normalized spacial score (nSPS) is 13.7. The molecule has 0 saturated heterocycles. The van der Waals surface area contributed by atoms with Crippen molar-refractivity contribution in [3.63, 3.8) is 0 Å². The maximum Gasteiger partial charge on any atom is 0.123 e. The average Bonchev–Trinajstić information content (AvgIpc) is 2.96. The van der Waals surface area contributed by atoms with Crippen LogP contribution in [-0.4, -0.2) is 12.1 Å². The lowest BCUT2D eigenvalue weighted by molar-refractivity contribution is 0.309. The van der Waals surface area contributed by atoms with Gasteiger partial charge in [-0.15, -0.1) is 6.58 Å². The summed E-state index contributed by atoms with van der Waals surface area (Å²) in [7, 11) is 1.61. The molecule has 3 heteroatoms. The van der Waals surface area contributed by atoms with E-state index in [4.69, 9.17) is 10.5 Å². The monoisotopic (exact) mass is 390 g/mol. The smallest absolute Gasteiger partial charge is 0.123 e. The van der Waals surface area contributed by atoms with Crippen molar-refractivity contribution in [3.05, 3.63) is 108 Å². The highest BCUT2D eigenvalue weighted by atomic mass is 16.5. The van der Waals surface area contributed by atoms with Crippen molar-refractivity contribution in [1.82, 2.24) is 4.98 Å². The van der Waals surface area contributed by atoms with E-state index in [2.05, 4.69) is 42.4 Å². The molecule has 0 amide bonds. The molecule has 0 fully saturated rings. The lowest BCUT2D eigenvalue weighted by Crippen LogP contribution is -1.95. The summed E-state index contributed by atoms with van der Waals surface area (Å²) in [6, 6.07) is 5.80. The summed E-state index contributed by atoms with van der Waals surface area (Å²) in [4.78, 5) is 4.33. The number of ether oxygens (including phenoxy) is 1. The Hall–Kier alpha value is -3.07. The van der Waals surface area contributed by atoms with Crippen LogP contribution in [0.5, 0.6) is 0 Å². The Morgan fingerprint density at radius 2 is 2.07 bits per heavy atom. The maximum absolute atomic E-state index is 5.69. The lowest BCUT2D eigenvalue weighted by Gasteiger charge is -2.03. The van der Waals surface area contributed by atoms with Crippen LogP contribution in [0.4, 0.5) is 5.82 Å². The van der Waals surface area contributed by atoms with Crippen molar-refractivity contribution in [3.8, 4) is 0 Å². The van der Waals surface area contributed by atoms with E-state index < -0.39 is 0 Å². The van der Waals surface area contributed by atoms with Crippen molar-refractivity contribution in [2.45, 2.75) is 39.5 Å². The van der Waals surface area contributed by atoms with Gasteiger partial charge in [0.1, 0.15) is 11.6 Å². The van der Waals surface area contributed by atoms with Crippen molar-refractivity contribution in [1.29, 1.82) is 0 Å². The van der Waals surface area contributed by atoms with Gasteiger partial charge in [0.25, 0.3) is 0 Å². The largest absolute Gasteiger partial charge is 0.497 e. The summed E-state index contributed by atoms with van der Waals surface area (Å²) in [6.45, 7) is 11.4. The van der Waals surface area contributed by atoms with Crippen LogP contribution >= 0.6 is 0 Å². The molecule has 0 atom stereocenters. The molecule has 1 aromatic rings. The fourth-order valence-corrected chi connectivity index (χ4v) is 2.53. The molecule has 0 radical (unpaired) electrons. The molecule has 154 valence electrons. The van der Waals surface area contributed by atoms with Gasteiger partial charge in [-0.3, -0.25) is 0 Å². The molecule has 2 rings (SSSR count). The molecule has 2 N–H and O–H groups in total. The first kappa shape index (κ1) is 24.0. The highest BCUT2D eigenvalue weighted by Crippen LogP contribution is 2.18. The summed E-state index contributed by atoms with van der Waals surface area (Å²) in [5, 5.41) is 0. The number of aryl methyl sites for hydroxylation is 1. The zero-order valence-corrected chi connectivity index (χ0v) is 18.0. The Bertz CT molecular complexity index is 823. The number of anilines is 1. The van der Waals surface area contributed by atoms with Crippen molar-refractivity contribution in [2.24, 2.45) is 0 Å². The second-order valence-electron chi connectivity index (χ2n) is 6.75. The molecule has 0 unspecified atom stereocenters. The van der Waals surface area contributed by atoms with Crippen LogP contribution in [0.2, 0.25) is 0 Å². The Labute approximate surface area is 176 Å². The predicted molar refractivity (Wildman–Crippen MR) is 126 cm³/mol. The average molecular weight is 391 g/mol. The van der Waals surface area contributed by atoms with Gasteiger partial charge in [-0.2, -0.15) is 0 Å². The van der Waals surface area contributed by atoms with Crippen LogP contribution in [0.15, 0.2) is 102 Å². The molecule has 0 aliphatic heterocycles. The third kappa shape index (κ3) is 10.7. The van der Waals surface area contributed by atoms with E-state index in [1.807, 2.05) is 56.4 Å². The van der Waals surface area contributed by atoms with E-state index in [1.165, 1.54) is 16.7 Å². The molecular weight excluding hydrogens is 356 g/mol. The highest BCUT2D eigenvalue weighted by Gasteiger charge is 2.01. The van der Waals surface area contributed by atoms with E-state index in [9.17, 15) is 0 Å². The van der Waals surface area contributed by atoms with Crippen LogP contribution in [0.25, 0.3) is 0 Å². The minimum atomic E-state index is 0.595. The SMILES string of the molecule is C=C(/C=C\C(C)=C/C)OC.C=CCC1=CC=CC(CCc2cccc(N)n2)=CC1. The number of methoxy groups -OCH3 is 1. The zero-order chi connectivity index (χ0) is 21.5. The fraction of sp³-hybridized carbons (Fsp3) is 0.269. The van der Waals surface area contributed by atoms with Gasteiger partial charge in [0.2, 0.25) is 0 Å². The first-order valence-corrected chi connectivity index (χ1v) is 9.89. The molecular formula is C26H34N2O. The quantitative estimate of drug-likeness (QED) is 0.307. The molecule has 1 aliphatic carbocycles. The number of hydrogen-bond donors (Lipinski definition) is 1. The van der Waals surface area contributed by atoms with Gasteiger partial charge < -0.3 is 10.5 Å². The molecule has 29 heavy (non-hydrogen) atoms. The van der Waals surface area contributed by atoms with E-state index in [-0.39, 0.29) is 0 Å². The molecule has 0 spiro atoms. The second-order valence-corrected chi connectivity index (χ2v) is 6.75. The van der Waals surface area contributed by atoms with E-state index in [1.54, 1.807) is 7.11 Å². The van der Waals surface area contributed by atoms with Crippen molar-refractivity contribution >= 4 is 5.82 Å². The molecule has 3 nitrogen and oxygen atoms in total. The second kappa shape index (κ2) is 14.0. The summed E-state index contributed by atoms with van der Waals surface area (Å²) >= 11 is 0. The Kier molecular flexibility index (Phi) is 11.6. The molecule has 1 aromatic heterocycles. The summed E-state index contributed by atoms with van der Waals surface area (Å²) in [5.74, 6) is 1.28. The van der Waals surface area contributed by atoms with Crippen LogP contribution < -0.4 is 5.73 Å². The summed E-state index contributed by atoms with van der Waals surface area (Å²) < 4.78 is 4.84. The number of nitrogens with two attached hydrogens (primary N) is 1. The third-order valence-electron chi connectivity index (χ3n) is 4.42. The summed E-state index contributed by atoms with van der Waals surface area (Å²) in [6.07, 6.45) is 20.5. The van der Waals surface area contributed by atoms with Crippen molar-refractivity contribution < 1.29 is 4.74 Å². The molecule has 1 aliphatic rings. The minimum absolute atomic E-state index is 0.595. The topological polar surface area (TPSA) is 48.1 Å². The van der Waals surface area contributed by atoms with Crippen molar-refractivity contribution in [2.75, 3.05) is 12.8 Å². The van der Waals surface area contributed by atoms with Gasteiger partial charge in [0, 0.05) is 5.69 Å². The van der Waals surface area contributed by atoms with Gasteiger partial charge in [0.05, 0.1) is 7.11 Å². The number of nitrogens with zero attached hydrogens (tertiary/aromatic N) is 1. The number of nitrogen functional groups attached to an aromatic ring is 1. The summed E-state index contributed by atoms with van der Waals surface area (Å²) in [5.41, 5.74) is 10.7. The zero-order valence-electron chi connectivity index (χ0n) is 18.0. The van der Waals surface area contributed by atoms with E-state index in [0.717, 1.165) is 31.4 Å². The Morgan fingerprint density at radius 1 is 1.28 bits per heavy atom. The van der Waals surface area contributed by atoms with Gasteiger partial charge in [-0.05, 0) is 57.7 Å². The molecule has 0 saturated carbocycles. The predicted octanol–water partition coefficient (Wildman–Crippen LogP) is 6.65. The Balaban J connectivity index is 0.000000359. The van der Waals surface area contributed by atoms with Crippen LogP contribution in [0, 0.1) is 0 Å². The van der Waals surface area contributed by atoms with Crippen LogP contribution in [0.3, 0.4) is 0 Å². The van der Waals surface area contributed by atoms with Gasteiger partial charge >= 0.3 is 0 Å². The molecule has 1 heterocycles. The minimum Gasteiger partial charge on any atom is -0.497 e. The first-order valence-electron chi connectivity index (χ1n) is 9.89. The standard InChI is InChI=1S/C17H20N2.C9H14O/c1-2-5-14-6-3-7-15(11-10-14)12-13-16-8-4-9-17(18)19-16;1-5-8(2)6-7-9(3)10-4/h2-4,6-9,11H,1,5,10,12-13H2,(H2,18,19);5-7H,3H2,1-2,4H3/b;7-6-,8-5-. The van der Waals surface area contributed by atoms with Gasteiger partial charge in [-0.1, -0.05) is 71.9 Å². The number of allylic oxidation sites excluding steroid dienone is 11. The van der Waals surface area contributed by atoms with Gasteiger partial charge in [-0.25, -0.2) is 4.98 Å². The Morgan fingerprint density at radius 3 is 2.72 bits per heavy atom. The van der Waals surface area contributed by atoms with Crippen LogP contribution in [0.1, 0.15) is 38.8 Å². The molecule has 0 aromatic carbocycles. The van der Waals surface area contributed by atoms with E-state index >= 15 is 0 Å². The first-order chi connectivity index (χ1) is 14.0. The number of hydrogen-bond acceptors (Lipinski definition) is 3. The third-order valence-corrected chi connectivity index (χ3v) is 4.42. The number of rotatable bonds is 8. The van der Waals surface area contributed by atoms with E-state index in [0.29, 0.717) is 11.6 Å². The lowest BCUT2D eigenvalue weighted by atomic mass is 10.1. The molecule has 0 bridgehead atoms. The number of pyridine rings is 1. The maximum atomic E-state index is 5.69. The highest BCUT2D eigenvalue weighted by molar-refractivity contribution is 5.32. The fourth-order valence-electron chi connectivity index (χ4n) is 2.53. The van der Waals surface area contributed by atoms with Crippen LogP contribution in [-0.2, 0) is 11.2 Å².